The van der Waals surface area contributed by atoms with Gasteiger partial charge in [-0.15, -0.1) is 0 Å². The van der Waals surface area contributed by atoms with E-state index >= 15 is 0 Å². The van der Waals surface area contributed by atoms with Gasteiger partial charge in [-0.1, -0.05) is 29.5 Å². The maximum Gasteiger partial charge on any atom is 0.338 e. The molecule has 0 radical (unpaired) electrons. The number of allylic oxidation sites excluding steroid dienone is 1. The van der Waals surface area contributed by atoms with E-state index in [2.05, 4.69) is 4.99 Å². The number of carbonyl (C=O) groups is 1. The van der Waals surface area contributed by atoms with Crippen LogP contribution in [0.1, 0.15) is 31.0 Å². The van der Waals surface area contributed by atoms with E-state index in [4.69, 9.17) is 14.2 Å². The first kappa shape index (κ1) is 23.3. The molecular weight excluding hydrogens is 456 g/mol. The Labute approximate surface area is 199 Å². The summed E-state index contributed by atoms with van der Waals surface area (Å²) in [7, 11) is 3.03. The Morgan fingerprint density at radius 2 is 1.91 bits per heavy atom. The number of rotatable bonds is 6. The summed E-state index contributed by atoms with van der Waals surface area (Å²) in [5.41, 5.74) is 1.95. The molecule has 0 spiro atoms. The number of methoxy groups -OCH3 is 2. The number of benzene rings is 2. The van der Waals surface area contributed by atoms with Crippen molar-refractivity contribution < 1.29 is 24.1 Å². The summed E-state index contributed by atoms with van der Waals surface area (Å²) < 4.78 is 17.7. The van der Waals surface area contributed by atoms with E-state index in [1.807, 2.05) is 12.1 Å². The average Bonchev–Trinajstić information content (AvgIpc) is 3.13. The van der Waals surface area contributed by atoms with Crippen LogP contribution < -0.4 is 24.4 Å². The molecule has 1 aliphatic rings. The highest BCUT2D eigenvalue weighted by atomic mass is 32.1. The van der Waals surface area contributed by atoms with Crippen LogP contribution in [0.4, 0.5) is 0 Å². The minimum absolute atomic E-state index is 0.00955. The van der Waals surface area contributed by atoms with Crippen LogP contribution in [0.3, 0.4) is 0 Å². The summed E-state index contributed by atoms with van der Waals surface area (Å²) in [6.45, 7) is 3.68. The second-order valence-electron chi connectivity index (χ2n) is 7.51. The molecule has 34 heavy (non-hydrogen) atoms. The molecule has 0 fully saturated rings. The van der Waals surface area contributed by atoms with Gasteiger partial charge < -0.3 is 19.3 Å². The van der Waals surface area contributed by atoms with E-state index in [0.717, 1.165) is 5.56 Å². The molecule has 2 aromatic carbocycles. The number of ether oxygens (including phenoxy) is 3. The molecule has 1 aliphatic heterocycles. The molecule has 0 bridgehead atoms. The number of fused-ring (bicyclic) bond motifs is 1. The average molecular weight is 481 g/mol. The Hall–Kier alpha value is -3.85. The van der Waals surface area contributed by atoms with Gasteiger partial charge in [-0.05, 0) is 55.3 Å². The first-order valence-corrected chi connectivity index (χ1v) is 11.4. The highest BCUT2D eigenvalue weighted by molar-refractivity contribution is 7.07. The van der Waals surface area contributed by atoms with Gasteiger partial charge in [0.15, 0.2) is 16.3 Å². The predicted molar refractivity (Wildman–Crippen MR) is 128 cm³/mol. The Morgan fingerprint density at radius 1 is 1.18 bits per heavy atom. The monoisotopic (exact) mass is 480 g/mol. The fraction of sp³-hybridized carbons (Fsp3) is 0.240. The van der Waals surface area contributed by atoms with E-state index < -0.39 is 12.0 Å². The Kier molecular flexibility index (Phi) is 6.56. The van der Waals surface area contributed by atoms with Gasteiger partial charge in [-0.2, -0.15) is 0 Å². The highest BCUT2D eigenvalue weighted by Crippen LogP contribution is 2.31. The molecule has 0 unspecified atom stereocenters. The second-order valence-corrected chi connectivity index (χ2v) is 8.52. The lowest BCUT2D eigenvalue weighted by molar-refractivity contribution is -0.139. The molecule has 1 aromatic heterocycles. The van der Waals surface area contributed by atoms with Crippen molar-refractivity contribution >= 4 is 23.4 Å². The first-order chi connectivity index (χ1) is 16.4. The Morgan fingerprint density at radius 3 is 2.56 bits per heavy atom. The van der Waals surface area contributed by atoms with Gasteiger partial charge in [0.05, 0.1) is 42.7 Å². The van der Waals surface area contributed by atoms with E-state index in [1.165, 1.54) is 29.1 Å². The topological polar surface area (TPSA) is 99.4 Å². The number of aromatic hydroxyl groups is 1. The lowest BCUT2D eigenvalue weighted by Crippen LogP contribution is -2.39. The molecule has 176 valence electrons. The van der Waals surface area contributed by atoms with Crippen LogP contribution >= 0.6 is 11.3 Å². The van der Waals surface area contributed by atoms with Crippen LogP contribution in [0.2, 0.25) is 0 Å². The van der Waals surface area contributed by atoms with Gasteiger partial charge >= 0.3 is 5.97 Å². The standard InChI is InChI=1S/C25H24N2O6S/c1-5-33-24(30)21-14(2)26-25-27(22(21)16-7-9-17(31-3)10-8-16)23(29)20(34-25)13-15-6-11-18(28)19(12-15)32-4/h6-13,22,28H,5H2,1-4H3/b20-13-/t22-/m1/s1. The van der Waals surface area contributed by atoms with Crippen LogP contribution in [0, 0.1) is 0 Å². The van der Waals surface area contributed by atoms with E-state index in [0.29, 0.717) is 37.7 Å². The number of nitrogens with zero attached hydrogens (tertiary/aromatic N) is 2. The molecule has 9 heteroatoms. The van der Waals surface area contributed by atoms with Crippen molar-refractivity contribution in [1.29, 1.82) is 0 Å². The van der Waals surface area contributed by atoms with Gasteiger partial charge in [0, 0.05) is 0 Å². The Bertz CT molecular complexity index is 1450. The molecule has 4 rings (SSSR count). The van der Waals surface area contributed by atoms with Gasteiger partial charge in [0.1, 0.15) is 5.75 Å². The smallest absolute Gasteiger partial charge is 0.338 e. The van der Waals surface area contributed by atoms with Crippen molar-refractivity contribution in [3.05, 3.63) is 84.5 Å². The minimum atomic E-state index is -0.697. The maximum absolute atomic E-state index is 13.6. The van der Waals surface area contributed by atoms with Crippen molar-refractivity contribution in [3.63, 3.8) is 0 Å². The molecule has 0 aliphatic carbocycles. The normalized spacial score (nSPS) is 15.5. The molecule has 8 nitrogen and oxygen atoms in total. The lowest BCUT2D eigenvalue weighted by Gasteiger charge is -2.24. The number of thiazole rings is 1. The van der Waals surface area contributed by atoms with Gasteiger partial charge in [0.2, 0.25) is 0 Å². The third kappa shape index (κ3) is 4.22. The molecular formula is C25H24N2O6S. The van der Waals surface area contributed by atoms with Crippen molar-refractivity contribution in [2.24, 2.45) is 4.99 Å². The number of hydrogen-bond acceptors (Lipinski definition) is 8. The van der Waals surface area contributed by atoms with E-state index in [1.54, 1.807) is 51.3 Å². The number of hydrogen-bond donors (Lipinski definition) is 1. The SMILES string of the molecule is CCOC(=O)C1=C(C)N=c2s/c(=C\c3ccc(O)c(OC)c3)c(=O)n2[C@@H]1c1ccc(OC)cc1. The third-order valence-corrected chi connectivity index (χ3v) is 6.43. The zero-order valence-electron chi connectivity index (χ0n) is 19.2. The first-order valence-electron chi connectivity index (χ1n) is 10.6. The summed E-state index contributed by atoms with van der Waals surface area (Å²) in [4.78, 5) is 31.5. The molecule has 0 amide bonds. The van der Waals surface area contributed by atoms with Gasteiger partial charge in [0.25, 0.3) is 5.56 Å². The second kappa shape index (κ2) is 9.56. The number of phenolic OH excluding ortho intramolecular Hbond substituents is 1. The van der Waals surface area contributed by atoms with Crippen LogP contribution in [0.25, 0.3) is 6.08 Å². The summed E-state index contributed by atoms with van der Waals surface area (Å²) >= 11 is 1.23. The van der Waals surface area contributed by atoms with Crippen LogP contribution in [-0.4, -0.2) is 36.5 Å². The summed E-state index contributed by atoms with van der Waals surface area (Å²) in [6, 6.07) is 11.4. The van der Waals surface area contributed by atoms with Crippen molar-refractivity contribution in [2.75, 3.05) is 20.8 Å². The van der Waals surface area contributed by atoms with Crippen LogP contribution in [0.15, 0.2) is 63.5 Å². The maximum atomic E-state index is 13.6. The highest BCUT2D eigenvalue weighted by Gasteiger charge is 2.33. The van der Waals surface area contributed by atoms with Gasteiger partial charge in [-0.3, -0.25) is 9.36 Å². The summed E-state index contributed by atoms with van der Waals surface area (Å²) in [5, 5.41) is 9.87. The fourth-order valence-corrected chi connectivity index (χ4v) is 4.88. The third-order valence-electron chi connectivity index (χ3n) is 5.45. The summed E-state index contributed by atoms with van der Waals surface area (Å²) in [6.07, 6.45) is 1.71. The minimum Gasteiger partial charge on any atom is -0.504 e. The van der Waals surface area contributed by atoms with Gasteiger partial charge in [-0.25, -0.2) is 9.79 Å². The Balaban J connectivity index is 1.93. The van der Waals surface area contributed by atoms with Crippen LogP contribution in [-0.2, 0) is 9.53 Å². The number of phenols is 1. The largest absolute Gasteiger partial charge is 0.504 e. The molecule has 3 aromatic rings. The van der Waals surface area contributed by atoms with E-state index in [9.17, 15) is 14.7 Å². The lowest BCUT2D eigenvalue weighted by atomic mass is 9.96. The molecule has 0 saturated carbocycles. The zero-order valence-corrected chi connectivity index (χ0v) is 20.0. The molecule has 1 N–H and O–H groups in total. The zero-order chi connectivity index (χ0) is 24.4. The van der Waals surface area contributed by atoms with Crippen molar-refractivity contribution in [1.82, 2.24) is 4.57 Å². The van der Waals surface area contributed by atoms with Crippen molar-refractivity contribution in [3.8, 4) is 17.2 Å². The van der Waals surface area contributed by atoms with Crippen LogP contribution in [0.5, 0.6) is 17.2 Å². The number of esters is 1. The number of carbonyl (C=O) groups excluding carboxylic acids is 1. The summed E-state index contributed by atoms with van der Waals surface area (Å²) in [5.74, 6) is 0.464. The fourth-order valence-electron chi connectivity index (χ4n) is 3.83. The molecule has 1 atom stereocenters. The number of aromatic nitrogens is 1. The van der Waals surface area contributed by atoms with Crippen molar-refractivity contribution in [2.45, 2.75) is 19.9 Å². The quantitative estimate of drug-likeness (QED) is 0.545. The molecule has 0 saturated heterocycles. The molecule has 2 heterocycles. The van der Waals surface area contributed by atoms with E-state index in [-0.39, 0.29) is 17.9 Å². The predicted octanol–water partition coefficient (Wildman–Crippen LogP) is 2.52.